The quantitative estimate of drug-likeness (QED) is 0.257. The number of aromatic nitrogens is 3. The fraction of sp³-hybridized carbons (Fsp3) is 0. The van der Waals surface area contributed by atoms with Gasteiger partial charge < -0.3 is 0 Å². The lowest BCUT2D eigenvalue weighted by Gasteiger charge is -2.04. The van der Waals surface area contributed by atoms with Gasteiger partial charge in [-0.1, -0.05) is 0 Å². The summed E-state index contributed by atoms with van der Waals surface area (Å²) in [5.74, 6) is 0. The highest BCUT2D eigenvalue weighted by molar-refractivity contribution is 9.10. The summed E-state index contributed by atoms with van der Waals surface area (Å²) in [5, 5.41) is 0. The number of pyridine rings is 3. The van der Waals surface area contributed by atoms with Crippen LogP contribution >= 0.6 is 47.8 Å². The molecule has 0 atom stereocenters. The van der Waals surface area contributed by atoms with E-state index < -0.39 is 0 Å². The van der Waals surface area contributed by atoms with Gasteiger partial charge in [0.15, 0.2) is 18.6 Å². The number of hydrogen-bond acceptors (Lipinski definition) is 0. The van der Waals surface area contributed by atoms with Crippen molar-refractivity contribution in [1.82, 2.24) is 0 Å². The highest BCUT2D eigenvalue weighted by atomic mass is 79.9. The van der Waals surface area contributed by atoms with Gasteiger partial charge in [-0.2, -0.15) is 13.7 Å². The molecule has 0 aliphatic rings. The van der Waals surface area contributed by atoms with Crippen molar-refractivity contribution in [2.75, 3.05) is 0 Å². The van der Waals surface area contributed by atoms with Gasteiger partial charge >= 0.3 is 0 Å². The lowest BCUT2D eigenvalue weighted by Crippen LogP contribution is -2.38. The van der Waals surface area contributed by atoms with Crippen molar-refractivity contribution in [3.8, 4) is 17.1 Å². The Morgan fingerprint density at radius 2 is 0.741 bits per heavy atom. The van der Waals surface area contributed by atoms with E-state index in [1.54, 1.807) is 0 Å². The minimum atomic E-state index is 0.988. The Bertz CT molecular complexity index is 975. The molecule has 0 unspecified atom stereocenters. The molecular weight excluding hydrogens is 534 g/mol. The standard InChI is InChI=1S/C21H15Br3N3/c22-19-7-1-4-10-25(19)16-13-17(26-11-5-2-8-20(26)23)15-18(14-16)27-12-6-3-9-21(27)24/h1-15H/q+3. The second kappa shape index (κ2) is 8.00. The number of rotatable bonds is 3. The van der Waals surface area contributed by atoms with Crippen molar-refractivity contribution < 1.29 is 13.7 Å². The van der Waals surface area contributed by atoms with Gasteiger partial charge in [0.05, 0.1) is 18.2 Å². The topological polar surface area (TPSA) is 11.6 Å². The van der Waals surface area contributed by atoms with Crippen molar-refractivity contribution in [2.45, 2.75) is 0 Å². The maximum Gasteiger partial charge on any atom is 0.253 e. The minimum Gasteiger partial charge on any atom is -0.154 e. The molecule has 0 amide bonds. The summed E-state index contributed by atoms with van der Waals surface area (Å²) in [4.78, 5) is 0. The number of benzene rings is 1. The Kier molecular flexibility index (Phi) is 5.48. The third kappa shape index (κ3) is 3.88. The van der Waals surface area contributed by atoms with E-state index >= 15 is 0 Å². The normalized spacial score (nSPS) is 10.8. The predicted octanol–water partition coefficient (Wildman–Crippen LogP) is 4.80. The first-order chi connectivity index (χ1) is 13.1. The van der Waals surface area contributed by atoms with E-state index in [9.17, 15) is 0 Å². The highest BCUT2D eigenvalue weighted by Gasteiger charge is 2.23. The van der Waals surface area contributed by atoms with Crippen LogP contribution in [0.1, 0.15) is 0 Å². The zero-order chi connectivity index (χ0) is 18.8. The van der Waals surface area contributed by atoms with Crippen LogP contribution in [-0.4, -0.2) is 0 Å². The van der Waals surface area contributed by atoms with E-state index in [2.05, 4.69) is 79.7 Å². The Hall–Kier alpha value is -1.89. The van der Waals surface area contributed by atoms with E-state index in [0.717, 1.165) is 30.9 Å². The van der Waals surface area contributed by atoms with E-state index in [1.165, 1.54) is 0 Å². The summed E-state index contributed by atoms with van der Waals surface area (Å²) >= 11 is 11.0. The molecule has 0 aliphatic heterocycles. The largest absolute Gasteiger partial charge is 0.253 e. The van der Waals surface area contributed by atoms with E-state index in [-0.39, 0.29) is 0 Å². The molecule has 3 nitrogen and oxygen atoms in total. The minimum absolute atomic E-state index is 0.988. The molecule has 27 heavy (non-hydrogen) atoms. The van der Waals surface area contributed by atoms with Crippen molar-refractivity contribution in [3.05, 3.63) is 105 Å². The van der Waals surface area contributed by atoms with Crippen LogP contribution in [0.2, 0.25) is 0 Å². The van der Waals surface area contributed by atoms with Crippen molar-refractivity contribution in [2.24, 2.45) is 0 Å². The van der Waals surface area contributed by atoms with Crippen LogP contribution < -0.4 is 13.7 Å². The summed E-state index contributed by atoms with van der Waals surface area (Å²) in [7, 11) is 0. The molecule has 132 valence electrons. The monoisotopic (exact) mass is 546 g/mol. The number of hydrogen-bond donors (Lipinski definition) is 0. The lowest BCUT2D eigenvalue weighted by molar-refractivity contribution is -0.624. The Morgan fingerprint density at radius 1 is 0.444 bits per heavy atom. The number of halogens is 3. The molecule has 0 radical (unpaired) electrons. The van der Waals surface area contributed by atoms with Gasteiger partial charge in [0, 0.05) is 84.2 Å². The average Bonchev–Trinajstić information content (AvgIpc) is 2.69. The summed E-state index contributed by atoms with van der Waals surface area (Å²) in [6.45, 7) is 0. The van der Waals surface area contributed by atoms with Crippen molar-refractivity contribution in [1.29, 1.82) is 0 Å². The summed E-state index contributed by atoms with van der Waals surface area (Å²) in [6, 6.07) is 24.7. The number of nitrogens with zero attached hydrogens (tertiary/aromatic N) is 3. The van der Waals surface area contributed by atoms with E-state index in [1.807, 2.05) is 73.2 Å². The Morgan fingerprint density at radius 3 is 1.00 bits per heavy atom. The van der Waals surface area contributed by atoms with Crippen molar-refractivity contribution >= 4 is 47.8 Å². The molecule has 0 N–H and O–H groups in total. The second-order valence-electron chi connectivity index (χ2n) is 5.89. The van der Waals surface area contributed by atoms with E-state index in [0.29, 0.717) is 0 Å². The molecule has 0 spiro atoms. The molecule has 4 aromatic rings. The summed E-state index contributed by atoms with van der Waals surface area (Å²) in [6.07, 6.45) is 6.13. The molecule has 3 heterocycles. The predicted molar refractivity (Wildman–Crippen MR) is 114 cm³/mol. The van der Waals surface area contributed by atoms with Crippen LogP contribution in [0, 0.1) is 0 Å². The fourth-order valence-corrected chi connectivity index (χ4v) is 4.32. The smallest absolute Gasteiger partial charge is 0.154 e. The fourth-order valence-electron chi connectivity index (χ4n) is 2.89. The van der Waals surface area contributed by atoms with Crippen LogP contribution in [0.3, 0.4) is 0 Å². The van der Waals surface area contributed by atoms with Gasteiger partial charge in [-0.15, -0.1) is 0 Å². The molecule has 0 bridgehead atoms. The van der Waals surface area contributed by atoms with Crippen LogP contribution in [0.4, 0.5) is 0 Å². The molecule has 0 fully saturated rings. The molecule has 0 saturated heterocycles. The Labute approximate surface area is 182 Å². The summed E-state index contributed by atoms with van der Waals surface area (Å²) < 4.78 is 9.30. The van der Waals surface area contributed by atoms with Crippen LogP contribution in [-0.2, 0) is 0 Å². The zero-order valence-electron chi connectivity index (χ0n) is 14.1. The highest BCUT2D eigenvalue weighted by Crippen LogP contribution is 2.17. The molecule has 6 heteroatoms. The van der Waals surface area contributed by atoms with Gasteiger partial charge in [0.25, 0.3) is 13.8 Å². The molecule has 1 aromatic carbocycles. The SMILES string of the molecule is Brc1cccc[n+]1-c1cc(-[n+]2ccccc2Br)cc(-[n+]2ccccc2Br)c1. The molecule has 0 saturated carbocycles. The zero-order valence-corrected chi connectivity index (χ0v) is 18.9. The van der Waals surface area contributed by atoms with Crippen LogP contribution in [0.5, 0.6) is 0 Å². The van der Waals surface area contributed by atoms with Gasteiger partial charge in [-0.25, -0.2) is 0 Å². The van der Waals surface area contributed by atoms with Crippen LogP contribution in [0.15, 0.2) is 105 Å². The third-order valence-electron chi connectivity index (χ3n) is 4.15. The van der Waals surface area contributed by atoms with Crippen LogP contribution in [0.25, 0.3) is 17.1 Å². The first-order valence-electron chi connectivity index (χ1n) is 8.28. The average molecular weight is 549 g/mol. The second-order valence-corrected chi connectivity index (χ2v) is 8.33. The molecule has 0 aliphatic carbocycles. The third-order valence-corrected chi connectivity index (χ3v) is 6.09. The maximum absolute atomic E-state index is 3.65. The van der Waals surface area contributed by atoms with Crippen molar-refractivity contribution in [3.63, 3.8) is 0 Å². The van der Waals surface area contributed by atoms with Gasteiger partial charge in [0.1, 0.15) is 0 Å². The lowest BCUT2D eigenvalue weighted by atomic mass is 10.2. The van der Waals surface area contributed by atoms with Gasteiger partial charge in [-0.05, 0) is 18.2 Å². The van der Waals surface area contributed by atoms with Gasteiger partial charge in [0.2, 0.25) is 17.1 Å². The first-order valence-corrected chi connectivity index (χ1v) is 10.7. The molecule has 4 rings (SSSR count). The molecular formula is C21H15Br3N3+3. The Balaban J connectivity index is 1.99. The van der Waals surface area contributed by atoms with E-state index in [4.69, 9.17) is 0 Å². The maximum atomic E-state index is 3.65. The first kappa shape index (κ1) is 18.5. The molecule has 3 aromatic heterocycles. The van der Waals surface area contributed by atoms with Gasteiger partial charge in [-0.3, -0.25) is 0 Å². The summed E-state index contributed by atoms with van der Waals surface area (Å²) in [5.41, 5.74) is 3.17.